The summed E-state index contributed by atoms with van der Waals surface area (Å²) in [6, 6.07) is 7.93. The number of hydrogen-bond acceptors (Lipinski definition) is 2. The minimum absolute atomic E-state index is 0.227. The average molecular weight is 370 g/mol. The minimum Gasteiger partial charge on any atom is -0.229 e. The monoisotopic (exact) mass is 368 g/mol. The number of benzene rings is 1. The maximum absolute atomic E-state index is 11.1. The quantitative estimate of drug-likeness (QED) is 0.745. The Kier molecular flexibility index (Phi) is 5.47. The fraction of sp³-hybridized carbons (Fsp3) is 0.455. The van der Waals surface area contributed by atoms with Crippen molar-refractivity contribution in [3.05, 3.63) is 34.3 Å². The maximum atomic E-state index is 11.1. The van der Waals surface area contributed by atoms with E-state index in [0.29, 0.717) is 6.42 Å². The van der Waals surface area contributed by atoms with E-state index in [1.54, 1.807) is 0 Å². The molecule has 0 bridgehead atoms. The molecule has 0 N–H and O–H groups in total. The van der Waals surface area contributed by atoms with Crippen molar-refractivity contribution < 1.29 is 8.42 Å². The van der Waals surface area contributed by atoms with Crippen LogP contribution in [0.1, 0.15) is 17.9 Å². The van der Waals surface area contributed by atoms with Crippen molar-refractivity contribution in [3.8, 4) is 0 Å². The highest BCUT2D eigenvalue weighted by molar-refractivity contribution is 9.10. The van der Waals surface area contributed by atoms with E-state index < -0.39 is 9.84 Å². The maximum Gasteiger partial charge on any atom is 0.147 e. The summed E-state index contributed by atoms with van der Waals surface area (Å²) in [4.78, 5) is 0. The van der Waals surface area contributed by atoms with E-state index in [4.69, 9.17) is 0 Å². The summed E-state index contributed by atoms with van der Waals surface area (Å²) in [7, 11) is -2.89. The molecule has 0 aliphatic carbocycles. The Morgan fingerprint density at radius 3 is 2.44 bits per heavy atom. The van der Waals surface area contributed by atoms with Crippen molar-refractivity contribution in [2.75, 3.05) is 17.3 Å². The Balaban J connectivity index is 2.79. The first kappa shape index (κ1) is 14.2. The standard InChI is InChI=1S/C11H14Br2O2S/c1-16(14,15)7-6-9(8-12)10-4-2-3-5-11(10)13/h2-5,9H,6-8H2,1H3. The molecule has 0 fully saturated rings. The summed E-state index contributed by atoms with van der Waals surface area (Å²) in [5.41, 5.74) is 1.16. The van der Waals surface area contributed by atoms with Crippen LogP contribution >= 0.6 is 31.9 Å². The number of sulfone groups is 1. The van der Waals surface area contributed by atoms with Gasteiger partial charge in [-0.1, -0.05) is 50.1 Å². The predicted octanol–water partition coefficient (Wildman–Crippen LogP) is 3.36. The molecule has 0 radical (unpaired) electrons. The van der Waals surface area contributed by atoms with E-state index in [9.17, 15) is 8.42 Å². The van der Waals surface area contributed by atoms with Gasteiger partial charge in [0.15, 0.2) is 0 Å². The molecule has 2 nitrogen and oxygen atoms in total. The topological polar surface area (TPSA) is 34.1 Å². The fourth-order valence-electron chi connectivity index (χ4n) is 1.48. The molecule has 16 heavy (non-hydrogen) atoms. The first-order valence-electron chi connectivity index (χ1n) is 4.92. The molecule has 0 aromatic heterocycles. The molecule has 0 aliphatic heterocycles. The molecule has 0 saturated heterocycles. The second-order valence-electron chi connectivity index (χ2n) is 3.79. The Hall–Kier alpha value is 0.130. The van der Waals surface area contributed by atoms with Gasteiger partial charge in [0.25, 0.3) is 0 Å². The molecule has 5 heteroatoms. The summed E-state index contributed by atoms with van der Waals surface area (Å²) < 4.78 is 23.3. The van der Waals surface area contributed by atoms with Crippen LogP contribution in [0.2, 0.25) is 0 Å². The second-order valence-corrected chi connectivity index (χ2v) is 7.55. The zero-order valence-corrected chi connectivity index (χ0v) is 13.0. The third-order valence-corrected chi connectivity index (χ3v) is 4.85. The van der Waals surface area contributed by atoms with Gasteiger partial charge in [0, 0.05) is 16.1 Å². The Morgan fingerprint density at radius 2 is 1.94 bits per heavy atom. The van der Waals surface area contributed by atoms with Crippen LogP contribution in [0.3, 0.4) is 0 Å². The van der Waals surface area contributed by atoms with Crippen molar-refractivity contribution in [1.82, 2.24) is 0 Å². The summed E-state index contributed by atoms with van der Waals surface area (Å²) >= 11 is 6.93. The SMILES string of the molecule is CS(=O)(=O)CCC(CBr)c1ccccc1Br. The first-order chi connectivity index (χ1) is 7.44. The van der Waals surface area contributed by atoms with Crippen molar-refractivity contribution in [1.29, 1.82) is 0 Å². The van der Waals surface area contributed by atoms with E-state index in [1.807, 2.05) is 24.3 Å². The lowest BCUT2D eigenvalue weighted by molar-refractivity contribution is 0.594. The first-order valence-corrected chi connectivity index (χ1v) is 8.89. The molecule has 0 aliphatic rings. The van der Waals surface area contributed by atoms with Crippen LogP contribution in [-0.2, 0) is 9.84 Å². The zero-order valence-electron chi connectivity index (χ0n) is 8.99. The van der Waals surface area contributed by atoms with Gasteiger partial charge in [-0.05, 0) is 24.0 Å². The van der Waals surface area contributed by atoms with Crippen LogP contribution < -0.4 is 0 Å². The van der Waals surface area contributed by atoms with Crippen LogP contribution in [0.25, 0.3) is 0 Å². The Bertz CT molecular complexity index is 443. The number of halogens is 2. The Labute approximate surface area is 114 Å². The van der Waals surface area contributed by atoms with Crippen molar-refractivity contribution in [2.45, 2.75) is 12.3 Å². The third-order valence-electron chi connectivity index (χ3n) is 2.37. The van der Waals surface area contributed by atoms with E-state index in [1.165, 1.54) is 6.26 Å². The lowest BCUT2D eigenvalue weighted by Gasteiger charge is -2.15. The second kappa shape index (κ2) is 6.17. The summed E-state index contributed by atoms with van der Waals surface area (Å²) in [5.74, 6) is 0.454. The van der Waals surface area contributed by atoms with Gasteiger partial charge in [-0.3, -0.25) is 0 Å². The molecule has 1 aromatic rings. The fourth-order valence-corrected chi connectivity index (χ4v) is 3.47. The molecule has 0 saturated carbocycles. The van der Waals surface area contributed by atoms with Gasteiger partial charge >= 0.3 is 0 Å². The van der Waals surface area contributed by atoms with Crippen LogP contribution in [0.15, 0.2) is 28.7 Å². The lowest BCUT2D eigenvalue weighted by Crippen LogP contribution is -2.10. The van der Waals surface area contributed by atoms with Crippen LogP contribution in [0.5, 0.6) is 0 Å². The molecule has 1 rings (SSSR count). The molecule has 0 spiro atoms. The van der Waals surface area contributed by atoms with Crippen molar-refractivity contribution in [2.24, 2.45) is 0 Å². The normalized spacial score (nSPS) is 13.7. The van der Waals surface area contributed by atoms with Gasteiger partial charge < -0.3 is 0 Å². The van der Waals surface area contributed by atoms with Gasteiger partial charge in [0.2, 0.25) is 0 Å². The van der Waals surface area contributed by atoms with Crippen LogP contribution in [-0.4, -0.2) is 25.8 Å². The number of rotatable bonds is 5. The van der Waals surface area contributed by atoms with Crippen LogP contribution in [0, 0.1) is 0 Å². The molecule has 90 valence electrons. The molecule has 0 amide bonds. The summed E-state index contributed by atoms with van der Waals surface area (Å²) in [6.07, 6.45) is 1.92. The average Bonchev–Trinajstić information content (AvgIpc) is 2.20. The molecular formula is C11H14Br2O2S. The molecular weight excluding hydrogens is 356 g/mol. The molecule has 1 aromatic carbocycles. The predicted molar refractivity (Wildman–Crippen MR) is 75.0 cm³/mol. The highest BCUT2D eigenvalue weighted by Crippen LogP contribution is 2.29. The van der Waals surface area contributed by atoms with Gasteiger partial charge in [-0.25, -0.2) is 8.42 Å². The zero-order chi connectivity index (χ0) is 12.2. The Morgan fingerprint density at radius 1 is 1.31 bits per heavy atom. The van der Waals surface area contributed by atoms with Crippen molar-refractivity contribution >= 4 is 41.7 Å². The van der Waals surface area contributed by atoms with E-state index in [-0.39, 0.29) is 11.7 Å². The van der Waals surface area contributed by atoms with Gasteiger partial charge in [-0.2, -0.15) is 0 Å². The van der Waals surface area contributed by atoms with E-state index >= 15 is 0 Å². The van der Waals surface area contributed by atoms with Gasteiger partial charge in [0.05, 0.1) is 5.75 Å². The van der Waals surface area contributed by atoms with Crippen LogP contribution in [0.4, 0.5) is 0 Å². The summed E-state index contributed by atoms with van der Waals surface area (Å²) in [6.45, 7) is 0. The van der Waals surface area contributed by atoms with Gasteiger partial charge in [-0.15, -0.1) is 0 Å². The van der Waals surface area contributed by atoms with E-state index in [2.05, 4.69) is 31.9 Å². The lowest BCUT2D eigenvalue weighted by atomic mass is 9.99. The highest BCUT2D eigenvalue weighted by atomic mass is 79.9. The number of hydrogen-bond donors (Lipinski definition) is 0. The number of alkyl halides is 1. The minimum atomic E-state index is -2.89. The molecule has 0 heterocycles. The molecule has 1 unspecified atom stereocenters. The van der Waals surface area contributed by atoms with Gasteiger partial charge in [0.1, 0.15) is 9.84 Å². The van der Waals surface area contributed by atoms with Crippen molar-refractivity contribution in [3.63, 3.8) is 0 Å². The summed E-state index contributed by atoms with van der Waals surface area (Å²) in [5, 5.41) is 0.769. The van der Waals surface area contributed by atoms with E-state index in [0.717, 1.165) is 15.4 Å². The highest BCUT2D eigenvalue weighted by Gasteiger charge is 2.15. The largest absolute Gasteiger partial charge is 0.229 e. The molecule has 1 atom stereocenters. The third kappa shape index (κ3) is 4.55. The smallest absolute Gasteiger partial charge is 0.147 e.